The van der Waals surface area contributed by atoms with Crippen LogP contribution in [0.4, 0.5) is 0 Å². The molecular formula is C22H26N2O2. The topological polar surface area (TPSA) is 49.4 Å². The average Bonchev–Trinajstić information content (AvgIpc) is 2.64. The van der Waals surface area contributed by atoms with Crippen molar-refractivity contribution in [3.63, 3.8) is 0 Å². The smallest absolute Gasteiger partial charge is 0.254 e. The van der Waals surface area contributed by atoms with E-state index in [1.165, 1.54) is 0 Å². The number of nitrogens with one attached hydrogen (secondary N) is 1. The van der Waals surface area contributed by atoms with Gasteiger partial charge in [0.1, 0.15) is 0 Å². The standard InChI is InChI=1S/C22H26N2O2/c1-15-8-9-17(3)20(14-15)22(26)24-12-10-18(11-13-24)23-21(25)19-7-5-4-6-16(19)2/h4-9,14,18H,10-13H2,1-3H3,(H,23,25). The van der Waals surface area contributed by atoms with Gasteiger partial charge >= 0.3 is 0 Å². The van der Waals surface area contributed by atoms with Gasteiger partial charge in [-0.15, -0.1) is 0 Å². The molecule has 0 bridgehead atoms. The van der Waals surface area contributed by atoms with Crippen LogP contribution in [0.1, 0.15) is 50.2 Å². The van der Waals surface area contributed by atoms with Gasteiger partial charge in [0.15, 0.2) is 0 Å². The Morgan fingerprint density at radius 1 is 0.923 bits per heavy atom. The van der Waals surface area contributed by atoms with Crippen LogP contribution < -0.4 is 5.32 Å². The monoisotopic (exact) mass is 350 g/mol. The van der Waals surface area contributed by atoms with E-state index in [2.05, 4.69) is 5.32 Å². The maximum atomic E-state index is 12.8. The van der Waals surface area contributed by atoms with Gasteiger partial charge in [0.25, 0.3) is 11.8 Å². The van der Waals surface area contributed by atoms with E-state index in [4.69, 9.17) is 0 Å². The van der Waals surface area contributed by atoms with Gasteiger partial charge in [-0.3, -0.25) is 9.59 Å². The first-order valence-electron chi connectivity index (χ1n) is 9.18. The number of carbonyl (C=O) groups excluding carboxylic acids is 2. The molecule has 136 valence electrons. The summed E-state index contributed by atoms with van der Waals surface area (Å²) in [4.78, 5) is 27.2. The van der Waals surface area contributed by atoms with Crippen LogP contribution in [0, 0.1) is 20.8 Å². The zero-order valence-corrected chi connectivity index (χ0v) is 15.7. The summed E-state index contributed by atoms with van der Waals surface area (Å²) in [7, 11) is 0. The van der Waals surface area contributed by atoms with Gasteiger partial charge in [-0.2, -0.15) is 0 Å². The van der Waals surface area contributed by atoms with Crippen molar-refractivity contribution >= 4 is 11.8 Å². The molecule has 2 amide bonds. The Morgan fingerprint density at radius 3 is 2.27 bits per heavy atom. The molecule has 1 aliphatic heterocycles. The van der Waals surface area contributed by atoms with Crippen molar-refractivity contribution in [2.24, 2.45) is 0 Å². The zero-order chi connectivity index (χ0) is 18.7. The minimum atomic E-state index is -0.0256. The fourth-order valence-electron chi connectivity index (χ4n) is 3.45. The van der Waals surface area contributed by atoms with E-state index >= 15 is 0 Å². The zero-order valence-electron chi connectivity index (χ0n) is 15.7. The molecule has 4 heteroatoms. The predicted molar refractivity (Wildman–Crippen MR) is 103 cm³/mol. The Balaban J connectivity index is 1.59. The number of likely N-dealkylation sites (tertiary alicyclic amines) is 1. The first-order chi connectivity index (χ1) is 12.5. The van der Waals surface area contributed by atoms with Crippen molar-refractivity contribution < 1.29 is 9.59 Å². The highest BCUT2D eigenvalue weighted by atomic mass is 16.2. The van der Waals surface area contributed by atoms with E-state index in [1.54, 1.807) is 0 Å². The molecule has 0 atom stereocenters. The average molecular weight is 350 g/mol. The van der Waals surface area contributed by atoms with Gasteiger partial charge in [-0.05, 0) is 56.9 Å². The molecule has 1 heterocycles. The molecule has 26 heavy (non-hydrogen) atoms. The molecule has 2 aromatic rings. The Morgan fingerprint density at radius 2 is 1.58 bits per heavy atom. The fraction of sp³-hybridized carbons (Fsp3) is 0.364. The highest BCUT2D eigenvalue weighted by molar-refractivity contribution is 5.96. The van der Waals surface area contributed by atoms with Crippen molar-refractivity contribution in [1.29, 1.82) is 0 Å². The molecule has 1 N–H and O–H groups in total. The third kappa shape index (κ3) is 3.96. The van der Waals surface area contributed by atoms with Crippen LogP contribution in [-0.2, 0) is 0 Å². The summed E-state index contributed by atoms with van der Waals surface area (Å²) >= 11 is 0. The van der Waals surface area contributed by atoms with Crippen LogP contribution in [0.2, 0.25) is 0 Å². The first kappa shape index (κ1) is 18.2. The first-order valence-corrected chi connectivity index (χ1v) is 9.18. The molecule has 0 spiro atoms. The van der Waals surface area contributed by atoms with Gasteiger partial charge in [0.05, 0.1) is 0 Å². The highest BCUT2D eigenvalue weighted by Crippen LogP contribution is 2.18. The maximum Gasteiger partial charge on any atom is 0.254 e. The summed E-state index contributed by atoms with van der Waals surface area (Å²) in [5.41, 5.74) is 4.59. The third-order valence-electron chi connectivity index (χ3n) is 5.13. The summed E-state index contributed by atoms with van der Waals surface area (Å²) in [6.07, 6.45) is 1.57. The molecule has 0 unspecified atom stereocenters. The number of benzene rings is 2. The van der Waals surface area contributed by atoms with Gasteiger partial charge < -0.3 is 10.2 Å². The second-order valence-electron chi connectivity index (χ2n) is 7.17. The molecule has 2 aromatic carbocycles. The lowest BCUT2D eigenvalue weighted by molar-refractivity contribution is 0.0697. The van der Waals surface area contributed by atoms with Crippen LogP contribution in [0.25, 0.3) is 0 Å². The third-order valence-corrected chi connectivity index (χ3v) is 5.13. The summed E-state index contributed by atoms with van der Waals surface area (Å²) in [5.74, 6) is 0.0669. The molecule has 0 aromatic heterocycles. The summed E-state index contributed by atoms with van der Waals surface area (Å²) in [6.45, 7) is 7.27. The molecule has 4 nitrogen and oxygen atoms in total. The molecule has 1 fully saturated rings. The number of hydrogen-bond donors (Lipinski definition) is 1. The Bertz CT molecular complexity index is 821. The number of piperidine rings is 1. The minimum Gasteiger partial charge on any atom is -0.349 e. The predicted octanol–water partition coefficient (Wildman–Crippen LogP) is 3.65. The van der Waals surface area contributed by atoms with Crippen molar-refractivity contribution in [3.8, 4) is 0 Å². The van der Waals surface area contributed by atoms with Crippen LogP contribution in [0.15, 0.2) is 42.5 Å². The van der Waals surface area contributed by atoms with E-state index in [1.807, 2.05) is 68.1 Å². The molecule has 0 saturated carbocycles. The van der Waals surface area contributed by atoms with Crippen LogP contribution in [0.5, 0.6) is 0 Å². The van der Waals surface area contributed by atoms with E-state index < -0.39 is 0 Å². The minimum absolute atomic E-state index is 0.0256. The SMILES string of the molecule is Cc1ccc(C)c(C(=O)N2CCC(NC(=O)c3ccccc3C)CC2)c1. The maximum absolute atomic E-state index is 12.8. The van der Waals surface area contributed by atoms with Crippen molar-refractivity contribution in [2.75, 3.05) is 13.1 Å². The summed E-state index contributed by atoms with van der Waals surface area (Å²) in [6, 6.07) is 13.7. The number of carbonyl (C=O) groups is 2. The van der Waals surface area contributed by atoms with Gasteiger partial charge in [0, 0.05) is 30.3 Å². The number of hydrogen-bond acceptors (Lipinski definition) is 2. The molecule has 3 rings (SSSR count). The number of amides is 2. The number of nitrogens with zero attached hydrogens (tertiary/aromatic N) is 1. The number of rotatable bonds is 3. The Kier molecular flexibility index (Phi) is 5.40. The molecule has 1 aliphatic rings. The van der Waals surface area contributed by atoms with Crippen LogP contribution in [-0.4, -0.2) is 35.8 Å². The second kappa shape index (κ2) is 7.73. The number of aryl methyl sites for hydroxylation is 3. The normalized spacial score (nSPS) is 15.0. The van der Waals surface area contributed by atoms with Crippen molar-refractivity contribution in [1.82, 2.24) is 10.2 Å². The van der Waals surface area contributed by atoms with Crippen molar-refractivity contribution in [3.05, 3.63) is 70.3 Å². The van der Waals surface area contributed by atoms with Crippen molar-refractivity contribution in [2.45, 2.75) is 39.7 Å². The van der Waals surface area contributed by atoms with E-state index in [0.29, 0.717) is 13.1 Å². The molecule has 1 saturated heterocycles. The van der Waals surface area contributed by atoms with Crippen LogP contribution >= 0.6 is 0 Å². The van der Waals surface area contributed by atoms with E-state index in [-0.39, 0.29) is 17.9 Å². The van der Waals surface area contributed by atoms with E-state index in [0.717, 1.165) is 40.7 Å². The largest absolute Gasteiger partial charge is 0.349 e. The van der Waals surface area contributed by atoms with Gasteiger partial charge in [-0.1, -0.05) is 35.9 Å². The lowest BCUT2D eigenvalue weighted by atomic mass is 10.0. The van der Waals surface area contributed by atoms with Gasteiger partial charge in [0.2, 0.25) is 0 Å². The molecular weight excluding hydrogens is 324 g/mol. The summed E-state index contributed by atoms with van der Waals surface area (Å²) in [5, 5.41) is 3.12. The van der Waals surface area contributed by atoms with Crippen LogP contribution in [0.3, 0.4) is 0 Å². The molecule has 0 radical (unpaired) electrons. The van der Waals surface area contributed by atoms with E-state index in [9.17, 15) is 9.59 Å². The van der Waals surface area contributed by atoms with Gasteiger partial charge in [-0.25, -0.2) is 0 Å². The lowest BCUT2D eigenvalue weighted by Crippen LogP contribution is -2.46. The summed E-state index contributed by atoms with van der Waals surface area (Å²) < 4.78 is 0. The lowest BCUT2D eigenvalue weighted by Gasteiger charge is -2.33. The second-order valence-corrected chi connectivity index (χ2v) is 7.17. The highest BCUT2D eigenvalue weighted by Gasteiger charge is 2.25. The quantitative estimate of drug-likeness (QED) is 0.919. The Hall–Kier alpha value is -2.62. The molecule has 0 aliphatic carbocycles. The Labute approximate surface area is 155 Å². The fourth-order valence-corrected chi connectivity index (χ4v) is 3.45.